The Morgan fingerprint density at radius 2 is 2.04 bits per heavy atom. The van der Waals surface area contributed by atoms with Crippen molar-refractivity contribution in [2.24, 2.45) is 0 Å². The van der Waals surface area contributed by atoms with E-state index < -0.39 is 0 Å². The number of carbonyl (C=O) groups excluding carboxylic acids is 1. The van der Waals surface area contributed by atoms with Gasteiger partial charge in [-0.25, -0.2) is 0 Å². The maximum absolute atomic E-state index is 12.6. The molecule has 1 N–H and O–H groups in total. The number of thiophene rings is 1. The standard InChI is InChI=1S/C18H17ClN2O2S/c1-11-15(12(2)23-21-11)10-17(22)20-18(16-4-3-9-24-16)13-5-7-14(19)8-6-13/h3-9,18H,10H2,1-2H3,(H,20,22)/t18-/m1/s1. The summed E-state index contributed by atoms with van der Waals surface area (Å²) in [7, 11) is 0. The zero-order valence-corrected chi connectivity index (χ0v) is 14.9. The number of halogens is 1. The smallest absolute Gasteiger partial charge is 0.225 e. The van der Waals surface area contributed by atoms with Gasteiger partial charge < -0.3 is 9.84 Å². The van der Waals surface area contributed by atoms with Gasteiger partial charge in [-0.2, -0.15) is 0 Å². The van der Waals surface area contributed by atoms with Crippen LogP contribution in [0.1, 0.15) is 33.5 Å². The molecule has 0 saturated heterocycles. The van der Waals surface area contributed by atoms with Gasteiger partial charge in [0.2, 0.25) is 5.91 Å². The molecule has 0 unspecified atom stereocenters. The van der Waals surface area contributed by atoms with E-state index in [1.807, 2.05) is 55.6 Å². The van der Waals surface area contributed by atoms with Gasteiger partial charge in [-0.15, -0.1) is 11.3 Å². The van der Waals surface area contributed by atoms with Crippen molar-refractivity contribution in [2.45, 2.75) is 26.3 Å². The zero-order valence-electron chi connectivity index (χ0n) is 13.4. The highest BCUT2D eigenvalue weighted by Gasteiger charge is 2.20. The van der Waals surface area contributed by atoms with Crippen LogP contribution >= 0.6 is 22.9 Å². The lowest BCUT2D eigenvalue weighted by atomic mass is 10.0. The number of carbonyl (C=O) groups is 1. The molecule has 0 fully saturated rings. The molecule has 1 aromatic carbocycles. The van der Waals surface area contributed by atoms with E-state index in [1.165, 1.54) is 0 Å². The fourth-order valence-corrected chi connectivity index (χ4v) is 3.48. The van der Waals surface area contributed by atoms with Gasteiger partial charge in [0.15, 0.2) is 0 Å². The number of aromatic nitrogens is 1. The highest BCUT2D eigenvalue weighted by Crippen LogP contribution is 2.27. The summed E-state index contributed by atoms with van der Waals surface area (Å²) >= 11 is 7.58. The summed E-state index contributed by atoms with van der Waals surface area (Å²) in [5.74, 6) is 0.611. The summed E-state index contributed by atoms with van der Waals surface area (Å²) in [5, 5.41) is 9.68. The largest absolute Gasteiger partial charge is 0.361 e. The van der Waals surface area contributed by atoms with Crippen LogP contribution in [-0.2, 0) is 11.2 Å². The molecule has 3 aromatic rings. The first kappa shape index (κ1) is 16.7. The molecule has 3 rings (SSSR count). The van der Waals surface area contributed by atoms with E-state index in [2.05, 4.69) is 10.5 Å². The van der Waals surface area contributed by atoms with Crippen molar-refractivity contribution < 1.29 is 9.32 Å². The molecular formula is C18H17ClN2O2S. The Morgan fingerprint density at radius 1 is 1.29 bits per heavy atom. The number of benzene rings is 1. The summed E-state index contributed by atoms with van der Waals surface area (Å²) in [6.45, 7) is 3.66. The molecule has 0 radical (unpaired) electrons. The van der Waals surface area contributed by atoms with E-state index in [9.17, 15) is 4.79 Å². The van der Waals surface area contributed by atoms with E-state index in [0.717, 1.165) is 21.7 Å². The third-order valence-electron chi connectivity index (χ3n) is 3.85. The molecule has 6 heteroatoms. The van der Waals surface area contributed by atoms with Crippen molar-refractivity contribution in [1.29, 1.82) is 0 Å². The number of hydrogen-bond donors (Lipinski definition) is 1. The first-order valence-electron chi connectivity index (χ1n) is 7.54. The van der Waals surface area contributed by atoms with E-state index in [-0.39, 0.29) is 18.4 Å². The number of nitrogens with one attached hydrogen (secondary N) is 1. The molecule has 0 bridgehead atoms. The van der Waals surface area contributed by atoms with E-state index in [1.54, 1.807) is 11.3 Å². The van der Waals surface area contributed by atoms with Crippen LogP contribution < -0.4 is 5.32 Å². The lowest BCUT2D eigenvalue weighted by Gasteiger charge is -2.18. The molecule has 24 heavy (non-hydrogen) atoms. The van der Waals surface area contributed by atoms with Crippen molar-refractivity contribution in [3.8, 4) is 0 Å². The third-order valence-corrected chi connectivity index (χ3v) is 5.04. The molecule has 0 saturated carbocycles. The van der Waals surface area contributed by atoms with E-state index in [4.69, 9.17) is 16.1 Å². The maximum atomic E-state index is 12.6. The molecular weight excluding hydrogens is 344 g/mol. The number of hydrogen-bond acceptors (Lipinski definition) is 4. The Balaban J connectivity index is 1.82. The predicted octanol–water partition coefficient (Wildman–Crippen LogP) is 4.45. The van der Waals surface area contributed by atoms with E-state index in [0.29, 0.717) is 10.8 Å². The molecule has 0 aliphatic carbocycles. The highest BCUT2D eigenvalue weighted by atomic mass is 35.5. The van der Waals surface area contributed by atoms with Gasteiger partial charge >= 0.3 is 0 Å². The minimum atomic E-state index is -0.199. The summed E-state index contributed by atoms with van der Waals surface area (Å²) in [4.78, 5) is 13.6. The highest BCUT2D eigenvalue weighted by molar-refractivity contribution is 7.10. The molecule has 0 aliphatic heterocycles. The third kappa shape index (κ3) is 3.68. The van der Waals surface area contributed by atoms with Crippen molar-refractivity contribution >= 4 is 28.8 Å². The number of aryl methyl sites for hydroxylation is 2. The van der Waals surface area contributed by atoms with Crippen LogP contribution in [0.2, 0.25) is 5.02 Å². The van der Waals surface area contributed by atoms with Crippen molar-refractivity contribution in [3.05, 3.63) is 74.3 Å². The summed E-state index contributed by atoms with van der Waals surface area (Å²) in [5.41, 5.74) is 2.59. The van der Waals surface area contributed by atoms with Crippen LogP contribution in [0.5, 0.6) is 0 Å². The van der Waals surface area contributed by atoms with Crippen molar-refractivity contribution in [1.82, 2.24) is 10.5 Å². The van der Waals surface area contributed by atoms with Gasteiger partial charge in [0.25, 0.3) is 0 Å². The molecule has 0 spiro atoms. The molecule has 0 aliphatic rings. The molecule has 2 aromatic heterocycles. The quantitative estimate of drug-likeness (QED) is 0.731. The lowest BCUT2D eigenvalue weighted by Crippen LogP contribution is -2.30. The first-order chi connectivity index (χ1) is 11.5. The average Bonchev–Trinajstić information content (AvgIpc) is 3.19. The summed E-state index contributed by atoms with van der Waals surface area (Å²) in [6, 6.07) is 11.3. The second-order valence-corrected chi connectivity index (χ2v) is 6.96. The Hall–Kier alpha value is -2.11. The second-order valence-electron chi connectivity index (χ2n) is 5.55. The summed E-state index contributed by atoms with van der Waals surface area (Å²) in [6.07, 6.45) is 0.247. The molecule has 4 nitrogen and oxygen atoms in total. The molecule has 2 heterocycles. The molecule has 1 atom stereocenters. The van der Waals surface area contributed by atoms with E-state index >= 15 is 0 Å². The van der Waals surface area contributed by atoms with Crippen LogP contribution in [0, 0.1) is 13.8 Å². The normalized spacial score (nSPS) is 12.1. The summed E-state index contributed by atoms with van der Waals surface area (Å²) < 4.78 is 5.13. The number of rotatable bonds is 5. The van der Waals surface area contributed by atoms with Crippen LogP contribution in [-0.4, -0.2) is 11.1 Å². The van der Waals surface area contributed by atoms with Crippen LogP contribution in [0.15, 0.2) is 46.3 Å². The van der Waals surface area contributed by atoms with Gasteiger partial charge in [0.05, 0.1) is 18.2 Å². The number of amides is 1. The lowest BCUT2D eigenvalue weighted by molar-refractivity contribution is -0.120. The second kappa shape index (κ2) is 7.20. The molecule has 124 valence electrons. The first-order valence-corrected chi connectivity index (χ1v) is 8.80. The van der Waals surface area contributed by atoms with Gasteiger partial charge in [-0.05, 0) is 43.0 Å². The minimum absolute atomic E-state index is 0.0715. The molecule has 1 amide bonds. The van der Waals surface area contributed by atoms with Gasteiger partial charge in [-0.3, -0.25) is 4.79 Å². The Bertz CT molecular complexity index is 806. The van der Waals surface area contributed by atoms with Gasteiger partial charge in [0, 0.05) is 15.5 Å². The van der Waals surface area contributed by atoms with Crippen LogP contribution in [0.25, 0.3) is 0 Å². The average molecular weight is 361 g/mol. The topological polar surface area (TPSA) is 55.1 Å². The minimum Gasteiger partial charge on any atom is -0.361 e. The van der Waals surface area contributed by atoms with Gasteiger partial charge in [0.1, 0.15) is 5.76 Å². The van der Waals surface area contributed by atoms with Crippen molar-refractivity contribution in [2.75, 3.05) is 0 Å². The predicted molar refractivity (Wildman–Crippen MR) is 95.4 cm³/mol. The Morgan fingerprint density at radius 3 is 2.62 bits per heavy atom. The number of nitrogens with zero attached hydrogens (tertiary/aromatic N) is 1. The van der Waals surface area contributed by atoms with Crippen LogP contribution in [0.3, 0.4) is 0 Å². The SMILES string of the molecule is Cc1noc(C)c1CC(=O)N[C@H](c1ccc(Cl)cc1)c1cccs1. The Labute approximate surface area is 149 Å². The fraction of sp³-hybridized carbons (Fsp3) is 0.222. The Kier molecular flexibility index (Phi) is 5.02. The van der Waals surface area contributed by atoms with Crippen molar-refractivity contribution in [3.63, 3.8) is 0 Å². The zero-order chi connectivity index (χ0) is 17.1. The van der Waals surface area contributed by atoms with Gasteiger partial charge in [-0.1, -0.05) is 35.0 Å². The van der Waals surface area contributed by atoms with Crippen LogP contribution in [0.4, 0.5) is 0 Å². The fourth-order valence-electron chi connectivity index (χ4n) is 2.56. The maximum Gasteiger partial charge on any atom is 0.225 e. The monoisotopic (exact) mass is 360 g/mol.